The topological polar surface area (TPSA) is 15.3 Å². The van der Waals surface area contributed by atoms with E-state index in [0.717, 1.165) is 18.7 Å². The molecule has 106 valence electrons. The predicted octanol–water partition coefficient (Wildman–Crippen LogP) is 3.18. The van der Waals surface area contributed by atoms with Gasteiger partial charge in [0, 0.05) is 25.2 Å². The second kappa shape index (κ2) is 7.17. The third-order valence-electron chi connectivity index (χ3n) is 3.22. The first-order valence-electron chi connectivity index (χ1n) is 6.83. The van der Waals surface area contributed by atoms with E-state index in [1.54, 1.807) is 6.07 Å². The van der Waals surface area contributed by atoms with Crippen LogP contribution >= 0.6 is 0 Å². The first-order valence-corrected chi connectivity index (χ1v) is 6.83. The van der Waals surface area contributed by atoms with E-state index in [1.807, 2.05) is 26.2 Å². The molecule has 0 atom stereocenters. The first kappa shape index (κ1) is 14.7. The van der Waals surface area contributed by atoms with Crippen LogP contribution in [0.2, 0.25) is 0 Å². The maximum absolute atomic E-state index is 13.6. The molecule has 3 heteroatoms. The molecule has 2 nitrogen and oxygen atoms in total. The summed E-state index contributed by atoms with van der Waals surface area (Å²) in [6.45, 7) is 2.29. The molecule has 0 amide bonds. The van der Waals surface area contributed by atoms with Crippen LogP contribution in [-0.4, -0.2) is 19.0 Å². The summed E-state index contributed by atoms with van der Waals surface area (Å²) in [5, 5.41) is 3.15. The Kier molecular flexibility index (Phi) is 5.27. The Morgan fingerprint density at radius 2 is 1.75 bits per heavy atom. The van der Waals surface area contributed by atoms with Crippen LogP contribution in [0.15, 0.2) is 48.5 Å². The fourth-order valence-electron chi connectivity index (χ4n) is 2.33. The van der Waals surface area contributed by atoms with E-state index in [0.29, 0.717) is 6.54 Å². The molecule has 0 saturated heterocycles. The Morgan fingerprint density at radius 1 is 1.00 bits per heavy atom. The van der Waals surface area contributed by atoms with Crippen molar-refractivity contribution in [2.24, 2.45) is 0 Å². The smallest absolute Gasteiger partial charge is 0.127 e. The van der Waals surface area contributed by atoms with Crippen molar-refractivity contribution in [1.29, 1.82) is 0 Å². The van der Waals surface area contributed by atoms with Gasteiger partial charge in [-0.15, -0.1) is 0 Å². The third-order valence-corrected chi connectivity index (χ3v) is 3.22. The molecule has 0 bridgehead atoms. The molecule has 0 aliphatic rings. The van der Waals surface area contributed by atoms with Crippen molar-refractivity contribution in [2.75, 3.05) is 14.1 Å². The Morgan fingerprint density at radius 3 is 2.50 bits per heavy atom. The van der Waals surface area contributed by atoms with Gasteiger partial charge < -0.3 is 5.32 Å². The maximum atomic E-state index is 13.6. The molecule has 0 aliphatic carbocycles. The molecule has 1 N–H and O–H groups in total. The second-order valence-electron chi connectivity index (χ2n) is 5.11. The Labute approximate surface area is 120 Å². The van der Waals surface area contributed by atoms with Crippen LogP contribution in [0.3, 0.4) is 0 Å². The van der Waals surface area contributed by atoms with E-state index >= 15 is 0 Å². The van der Waals surface area contributed by atoms with Gasteiger partial charge in [-0.3, -0.25) is 4.90 Å². The van der Waals surface area contributed by atoms with Crippen molar-refractivity contribution in [3.8, 4) is 0 Å². The van der Waals surface area contributed by atoms with Crippen molar-refractivity contribution in [3.63, 3.8) is 0 Å². The summed E-state index contributed by atoms with van der Waals surface area (Å²) in [6.07, 6.45) is 0. The lowest BCUT2D eigenvalue weighted by Crippen LogP contribution is -2.18. The number of nitrogens with one attached hydrogen (secondary N) is 1. The molecule has 2 aromatic carbocycles. The minimum absolute atomic E-state index is 0.136. The SMILES string of the molecule is CNCc1cccc(CN(C)Cc2ccccc2F)c1. The quantitative estimate of drug-likeness (QED) is 0.869. The van der Waals surface area contributed by atoms with E-state index < -0.39 is 0 Å². The Hall–Kier alpha value is -1.71. The molecular formula is C17H21FN2. The minimum Gasteiger partial charge on any atom is -0.316 e. The van der Waals surface area contributed by atoms with Crippen LogP contribution in [0.1, 0.15) is 16.7 Å². The highest BCUT2D eigenvalue weighted by atomic mass is 19.1. The number of halogens is 1. The molecule has 0 heterocycles. The molecule has 20 heavy (non-hydrogen) atoms. The second-order valence-corrected chi connectivity index (χ2v) is 5.11. The van der Waals surface area contributed by atoms with Gasteiger partial charge in [0.2, 0.25) is 0 Å². The zero-order valence-electron chi connectivity index (χ0n) is 12.1. The number of hydrogen-bond donors (Lipinski definition) is 1. The molecule has 2 aromatic rings. The largest absolute Gasteiger partial charge is 0.316 e. The third kappa shape index (κ3) is 4.15. The summed E-state index contributed by atoms with van der Waals surface area (Å²) in [5.41, 5.74) is 3.25. The highest BCUT2D eigenvalue weighted by molar-refractivity contribution is 5.23. The van der Waals surface area contributed by atoms with Crippen molar-refractivity contribution < 1.29 is 4.39 Å². The molecular weight excluding hydrogens is 251 g/mol. The molecule has 0 radical (unpaired) electrons. The highest BCUT2D eigenvalue weighted by Crippen LogP contribution is 2.12. The van der Waals surface area contributed by atoms with Crippen molar-refractivity contribution in [2.45, 2.75) is 19.6 Å². The first-order chi connectivity index (χ1) is 9.69. The number of nitrogens with zero attached hydrogens (tertiary/aromatic N) is 1. The van der Waals surface area contributed by atoms with E-state index in [9.17, 15) is 4.39 Å². The monoisotopic (exact) mass is 272 g/mol. The van der Waals surface area contributed by atoms with Crippen molar-refractivity contribution in [3.05, 3.63) is 71.0 Å². The highest BCUT2D eigenvalue weighted by Gasteiger charge is 2.06. The molecule has 0 aromatic heterocycles. The Bertz CT molecular complexity index is 554. The van der Waals surface area contributed by atoms with Crippen molar-refractivity contribution >= 4 is 0 Å². The van der Waals surface area contributed by atoms with Crippen LogP contribution in [0.25, 0.3) is 0 Å². The van der Waals surface area contributed by atoms with E-state index in [-0.39, 0.29) is 5.82 Å². The van der Waals surface area contributed by atoms with Gasteiger partial charge >= 0.3 is 0 Å². The fraction of sp³-hybridized carbons (Fsp3) is 0.294. The number of hydrogen-bond acceptors (Lipinski definition) is 2. The lowest BCUT2D eigenvalue weighted by molar-refractivity contribution is 0.313. The minimum atomic E-state index is -0.136. The van der Waals surface area contributed by atoms with Crippen molar-refractivity contribution in [1.82, 2.24) is 10.2 Å². The van der Waals surface area contributed by atoms with E-state index in [4.69, 9.17) is 0 Å². The molecule has 2 rings (SSSR count). The van der Waals surface area contributed by atoms with Gasteiger partial charge in [-0.25, -0.2) is 4.39 Å². The molecule has 0 aliphatic heterocycles. The maximum Gasteiger partial charge on any atom is 0.127 e. The van der Waals surface area contributed by atoms with Gasteiger partial charge in [-0.05, 0) is 31.3 Å². The normalized spacial score (nSPS) is 11.0. The van der Waals surface area contributed by atoms with Gasteiger partial charge in [0.1, 0.15) is 5.82 Å². The molecule has 0 fully saturated rings. The van der Waals surface area contributed by atoms with Crippen LogP contribution in [0, 0.1) is 5.82 Å². The lowest BCUT2D eigenvalue weighted by atomic mass is 10.1. The lowest BCUT2D eigenvalue weighted by Gasteiger charge is -2.17. The summed E-state index contributed by atoms with van der Waals surface area (Å²) in [6, 6.07) is 15.4. The summed E-state index contributed by atoms with van der Waals surface area (Å²) in [7, 11) is 3.95. The van der Waals surface area contributed by atoms with Gasteiger partial charge in [0.15, 0.2) is 0 Å². The average molecular weight is 272 g/mol. The average Bonchev–Trinajstić information content (AvgIpc) is 2.42. The van der Waals surface area contributed by atoms with Crippen LogP contribution in [-0.2, 0) is 19.6 Å². The van der Waals surface area contributed by atoms with Gasteiger partial charge in [-0.1, -0.05) is 42.5 Å². The predicted molar refractivity (Wildman–Crippen MR) is 80.8 cm³/mol. The van der Waals surface area contributed by atoms with Crippen LogP contribution < -0.4 is 5.32 Å². The number of benzene rings is 2. The van der Waals surface area contributed by atoms with Gasteiger partial charge in [-0.2, -0.15) is 0 Å². The van der Waals surface area contributed by atoms with E-state index in [1.165, 1.54) is 17.2 Å². The van der Waals surface area contributed by atoms with Gasteiger partial charge in [0.25, 0.3) is 0 Å². The molecule has 0 saturated carbocycles. The van der Waals surface area contributed by atoms with E-state index in [2.05, 4.69) is 34.5 Å². The van der Waals surface area contributed by atoms with Gasteiger partial charge in [0.05, 0.1) is 0 Å². The summed E-state index contributed by atoms with van der Waals surface area (Å²) in [5.74, 6) is -0.136. The zero-order valence-corrected chi connectivity index (χ0v) is 12.1. The summed E-state index contributed by atoms with van der Waals surface area (Å²) >= 11 is 0. The number of rotatable bonds is 6. The Balaban J connectivity index is 1.99. The molecule has 0 spiro atoms. The van der Waals surface area contributed by atoms with Crippen LogP contribution in [0.5, 0.6) is 0 Å². The molecule has 0 unspecified atom stereocenters. The zero-order chi connectivity index (χ0) is 14.4. The summed E-state index contributed by atoms with van der Waals surface area (Å²) in [4.78, 5) is 2.12. The fourth-order valence-corrected chi connectivity index (χ4v) is 2.33. The van der Waals surface area contributed by atoms with Crippen LogP contribution in [0.4, 0.5) is 4.39 Å². The summed E-state index contributed by atoms with van der Waals surface area (Å²) < 4.78 is 13.6. The standard InChI is InChI=1S/C17H21FN2/c1-19-11-14-6-5-7-15(10-14)12-20(2)13-16-8-3-4-9-17(16)18/h3-10,19H,11-13H2,1-2H3.